The zero-order chi connectivity index (χ0) is 9.26. The smallest absolute Gasteiger partial charge is 0.231 e. The third kappa shape index (κ3) is 1.69. The number of benzene rings is 1. The van der Waals surface area contributed by atoms with Crippen molar-refractivity contribution in [3.8, 4) is 11.5 Å². The lowest BCUT2D eigenvalue weighted by molar-refractivity contribution is 0.174. The lowest BCUT2D eigenvalue weighted by atomic mass is 10.2. The number of nitrogens with one attached hydrogen (secondary N) is 1. The van der Waals surface area contributed by atoms with Crippen LogP contribution in [-0.4, -0.2) is 12.8 Å². The molecule has 1 aromatic rings. The molecule has 0 bridgehead atoms. The molecular formula is C10H13NO2. The molecule has 70 valence electrons. The van der Waals surface area contributed by atoms with Gasteiger partial charge < -0.3 is 14.8 Å². The molecule has 0 radical (unpaired) electrons. The van der Waals surface area contributed by atoms with Gasteiger partial charge in [-0.3, -0.25) is 0 Å². The molecule has 0 aromatic heterocycles. The van der Waals surface area contributed by atoms with Crippen LogP contribution in [0.15, 0.2) is 18.2 Å². The number of anilines is 1. The third-order valence-corrected chi connectivity index (χ3v) is 1.83. The van der Waals surface area contributed by atoms with Gasteiger partial charge in [0.1, 0.15) is 0 Å². The van der Waals surface area contributed by atoms with Gasteiger partial charge in [0, 0.05) is 17.8 Å². The van der Waals surface area contributed by atoms with Crippen molar-refractivity contribution in [2.45, 2.75) is 19.9 Å². The van der Waals surface area contributed by atoms with Crippen LogP contribution in [0.1, 0.15) is 13.8 Å². The SMILES string of the molecule is CC(C)Nc1ccc2c(c1)OCO2. The average molecular weight is 179 g/mol. The second-order valence-electron chi connectivity index (χ2n) is 3.37. The molecule has 13 heavy (non-hydrogen) atoms. The van der Waals surface area contributed by atoms with E-state index in [1.165, 1.54) is 0 Å². The van der Waals surface area contributed by atoms with Crippen molar-refractivity contribution < 1.29 is 9.47 Å². The molecule has 0 amide bonds. The van der Waals surface area contributed by atoms with E-state index in [4.69, 9.17) is 9.47 Å². The van der Waals surface area contributed by atoms with E-state index in [1.54, 1.807) is 0 Å². The molecule has 1 aromatic carbocycles. The Kier molecular flexibility index (Phi) is 2.00. The van der Waals surface area contributed by atoms with Crippen LogP contribution in [0.25, 0.3) is 0 Å². The first kappa shape index (κ1) is 8.23. The molecule has 2 rings (SSSR count). The van der Waals surface area contributed by atoms with Gasteiger partial charge in [0.25, 0.3) is 0 Å². The van der Waals surface area contributed by atoms with Crippen molar-refractivity contribution in [3.63, 3.8) is 0 Å². The van der Waals surface area contributed by atoms with Gasteiger partial charge in [-0.2, -0.15) is 0 Å². The van der Waals surface area contributed by atoms with E-state index in [-0.39, 0.29) is 0 Å². The summed E-state index contributed by atoms with van der Waals surface area (Å²) < 4.78 is 10.5. The predicted molar refractivity (Wildman–Crippen MR) is 51.3 cm³/mol. The molecule has 1 heterocycles. The van der Waals surface area contributed by atoms with Crippen LogP contribution in [0.3, 0.4) is 0 Å². The van der Waals surface area contributed by atoms with Gasteiger partial charge >= 0.3 is 0 Å². The highest BCUT2D eigenvalue weighted by atomic mass is 16.7. The van der Waals surface area contributed by atoms with Crippen molar-refractivity contribution in [1.29, 1.82) is 0 Å². The summed E-state index contributed by atoms with van der Waals surface area (Å²) in [4.78, 5) is 0. The molecule has 3 nitrogen and oxygen atoms in total. The second kappa shape index (κ2) is 3.17. The van der Waals surface area contributed by atoms with Crippen molar-refractivity contribution in [3.05, 3.63) is 18.2 Å². The Morgan fingerprint density at radius 3 is 2.77 bits per heavy atom. The molecule has 1 aliphatic heterocycles. The maximum Gasteiger partial charge on any atom is 0.231 e. The molecule has 0 saturated carbocycles. The fourth-order valence-electron chi connectivity index (χ4n) is 1.32. The summed E-state index contributed by atoms with van der Waals surface area (Å²) in [5.74, 6) is 1.65. The lowest BCUT2D eigenvalue weighted by Gasteiger charge is -2.09. The summed E-state index contributed by atoms with van der Waals surface area (Å²) in [5.41, 5.74) is 1.07. The van der Waals surface area contributed by atoms with Gasteiger partial charge in [-0.25, -0.2) is 0 Å². The molecule has 0 aliphatic carbocycles. The Balaban J connectivity index is 2.21. The van der Waals surface area contributed by atoms with Gasteiger partial charge in [0.15, 0.2) is 11.5 Å². The van der Waals surface area contributed by atoms with E-state index in [2.05, 4.69) is 19.2 Å². The lowest BCUT2D eigenvalue weighted by Crippen LogP contribution is -2.09. The van der Waals surface area contributed by atoms with E-state index in [9.17, 15) is 0 Å². The summed E-state index contributed by atoms with van der Waals surface area (Å²) >= 11 is 0. The van der Waals surface area contributed by atoms with E-state index >= 15 is 0 Å². The van der Waals surface area contributed by atoms with E-state index in [0.29, 0.717) is 12.8 Å². The number of hydrogen-bond donors (Lipinski definition) is 1. The van der Waals surface area contributed by atoms with Crippen LogP contribution in [0.2, 0.25) is 0 Å². The molecule has 0 fully saturated rings. The Labute approximate surface area is 77.7 Å². The van der Waals surface area contributed by atoms with Gasteiger partial charge in [0.2, 0.25) is 6.79 Å². The molecule has 1 N–H and O–H groups in total. The van der Waals surface area contributed by atoms with E-state index < -0.39 is 0 Å². The first-order valence-corrected chi connectivity index (χ1v) is 4.42. The van der Waals surface area contributed by atoms with Crippen LogP contribution in [0.5, 0.6) is 11.5 Å². The Bertz CT molecular complexity index is 310. The zero-order valence-corrected chi connectivity index (χ0v) is 7.83. The standard InChI is InChI=1S/C10H13NO2/c1-7(2)11-8-3-4-9-10(5-8)13-6-12-9/h3-5,7,11H,6H2,1-2H3. The highest BCUT2D eigenvalue weighted by Crippen LogP contribution is 2.34. The number of rotatable bonds is 2. The van der Waals surface area contributed by atoms with Crippen molar-refractivity contribution in [2.24, 2.45) is 0 Å². The van der Waals surface area contributed by atoms with Crippen LogP contribution < -0.4 is 14.8 Å². The molecular weight excluding hydrogens is 166 g/mol. The summed E-state index contributed by atoms with van der Waals surface area (Å²) in [7, 11) is 0. The zero-order valence-electron chi connectivity index (χ0n) is 7.83. The fraction of sp³-hybridized carbons (Fsp3) is 0.400. The van der Waals surface area contributed by atoms with Crippen molar-refractivity contribution in [1.82, 2.24) is 0 Å². The maximum atomic E-state index is 5.26. The maximum absolute atomic E-state index is 5.26. The molecule has 0 spiro atoms. The summed E-state index contributed by atoms with van der Waals surface area (Å²) in [6.07, 6.45) is 0. The Morgan fingerprint density at radius 2 is 2.00 bits per heavy atom. The highest BCUT2D eigenvalue weighted by molar-refractivity contribution is 5.55. The average Bonchev–Trinajstić information content (AvgIpc) is 2.49. The van der Waals surface area contributed by atoms with Crippen LogP contribution in [0, 0.1) is 0 Å². The number of ether oxygens (including phenoxy) is 2. The minimum Gasteiger partial charge on any atom is -0.454 e. The van der Waals surface area contributed by atoms with E-state index in [1.807, 2.05) is 18.2 Å². The first-order valence-electron chi connectivity index (χ1n) is 4.42. The van der Waals surface area contributed by atoms with Crippen molar-refractivity contribution >= 4 is 5.69 Å². The second-order valence-corrected chi connectivity index (χ2v) is 3.37. The molecule has 0 saturated heterocycles. The van der Waals surface area contributed by atoms with E-state index in [0.717, 1.165) is 17.2 Å². The first-order chi connectivity index (χ1) is 6.25. The van der Waals surface area contributed by atoms with Crippen LogP contribution >= 0.6 is 0 Å². The largest absolute Gasteiger partial charge is 0.454 e. The third-order valence-electron chi connectivity index (χ3n) is 1.83. The van der Waals surface area contributed by atoms with Crippen LogP contribution in [-0.2, 0) is 0 Å². The Hall–Kier alpha value is -1.38. The summed E-state index contributed by atoms with van der Waals surface area (Å²) in [5, 5.41) is 3.30. The van der Waals surface area contributed by atoms with Gasteiger partial charge in [-0.05, 0) is 26.0 Å². The summed E-state index contributed by atoms with van der Waals surface area (Å²) in [6, 6.07) is 6.31. The molecule has 3 heteroatoms. The quantitative estimate of drug-likeness (QED) is 0.755. The minimum absolute atomic E-state index is 0.334. The highest BCUT2D eigenvalue weighted by Gasteiger charge is 2.12. The fourth-order valence-corrected chi connectivity index (χ4v) is 1.32. The predicted octanol–water partition coefficient (Wildman–Crippen LogP) is 2.24. The normalized spacial score (nSPS) is 13.5. The topological polar surface area (TPSA) is 30.5 Å². The van der Waals surface area contributed by atoms with Gasteiger partial charge in [-0.1, -0.05) is 0 Å². The summed E-state index contributed by atoms with van der Waals surface area (Å²) in [6.45, 7) is 4.54. The van der Waals surface area contributed by atoms with Crippen molar-refractivity contribution in [2.75, 3.05) is 12.1 Å². The number of fused-ring (bicyclic) bond motifs is 1. The molecule has 1 aliphatic rings. The minimum atomic E-state index is 0.334. The van der Waals surface area contributed by atoms with Gasteiger partial charge in [-0.15, -0.1) is 0 Å². The van der Waals surface area contributed by atoms with Gasteiger partial charge in [0.05, 0.1) is 0 Å². The molecule has 0 unspecified atom stereocenters. The number of hydrogen-bond acceptors (Lipinski definition) is 3. The monoisotopic (exact) mass is 179 g/mol. The Morgan fingerprint density at radius 1 is 1.23 bits per heavy atom. The van der Waals surface area contributed by atoms with Crippen LogP contribution in [0.4, 0.5) is 5.69 Å². The molecule has 0 atom stereocenters.